The Labute approximate surface area is 170 Å². The zero-order valence-electron chi connectivity index (χ0n) is 17.0. The van der Waals surface area contributed by atoms with Crippen molar-refractivity contribution in [1.29, 1.82) is 0 Å². The highest BCUT2D eigenvalue weighted by molar-refractivity contribution is 6.00. The van der Waals surface area contributed by atoms with Gasteiger partial charge < -0.3 is 9.64 Å². The van der Waals surface area contributed by atoms with E-state index >= 15 is 0 Å². The van der Waals surface area contributed by atoms with Gasteiger partial charge in [0, 0.05) is 30.1 Å². The first-order valence-electron chi connectivity index (χ1n) is 10.0. The van der Waals surface area contributed by atoms with E-state index in [-0.39, 0.29) is 5.41 Å². The molecule has 29 heavy (non-hydrogen) atoms. The van der Waals surface area contributed by atoms with Crippen LogP contribution in [0.1, 0.15) is 18.9 Å². The van der Waals surface area contributed by atoms with Gasteiger partial charge in [-0.05, 0) is 48.7 Å². The third kappa shape index (κ3) is 2.76. The fourth-order valence-corrected chi connectivity index (χ4v) is 5.20. The van der Waals surface area contributed by atoms with E-state index in [1.165, 1.54) is 11.3 Å². The number of anilines is 2. The molecule has 1 saturated heterocycles. The Morgan fingerprint density at radius 3 is 2.76 bits per heavy atom. The molecule has 2 aliphatic heterocycles. The maximum Gasteiger partial charge on any atom is 0.417 e. The SMILES string of the molecule is CN1CC[C@@]2(C)c3cc(OC(=O)Nc4cccc5ccccc45)ccc3N(C)[C@@H]12. The second-order valence-corrected chi connectivity index (χ2v) is 8.35. The molecule has 1 fully saturated rings. The van der Waals surface area contributed by atoms with Crippen LogP contribution in [0.4, 0.5) is 16.2 Å². The van der Waals surface area contributed by atoms with Crippen molar-refractivity contribution < 1.29 is 9.53 Å². The Morgan fingerprint density at radius 2 is 1.90 bits per heavy atom. The number of carbonyl (C=O) groups excluding carboxylic acids is 1. The molecule has 0 aliphatic carbocycles. The topological polar surface area (TPSA) is 44.8 Å². The summed E-state index contributed by atoms with van der Waals surface area (Å²) in [5.74, 6) is 0.575. The third-order valence-corrected chi connectivity index (χ3v) is 6.54. The first-order chi connectivity index (χ1) is 14.0. The van der Waals surface area contributed by atoms with E-state index < -0.39 is 6.09 Å². The molecule has 0 unspecified atom stereocenters. The zero-order chi connectivity index (χ0) is 20.2. The summed E-state index contributed by atoms with van der Waals surface area (Å²) in [6, 6.07) is 19.8. The quantitative estimate of drug-likeness (QED) is 0.685. The lowest BCUT2D eigenvalue weighted by molar-refractivity contribution is 0.215. The summed E-state index contributed by atoms with van der Waals surface area (Å²) >= 11 is 0. The number of benzene rings is 3. The predicted octanol–water partition coefficient (Wildman–Crippen LogP) is 4.82. The number of likely N-dealkylation sites (N-methyl/N-ethyl adjacent to an activating group) is 2. The molecule has 5 nitrogen and oxygen atoms in total. The summed E-state index contributed by atoms with van der Waals surface area (Å²) in [6.07, 6.45) is 0.965. The van der Waals surface area contributed by atoms with E-state index in [4.69, 9.17) is 4.74 Å². The van der Waals surface area contributed by atoms with Gasteiger partial charge in [0.2, 0.25) is 0 Å². The van der Waals surface area contributed by atoms with Crippen molar-refractivity contribution in [1.82, 2.24) is 4.90 Å². The Balaban J connectivity index is 1.40. The molecule has 148 valence electrons. The van der Waals surface area contributed by atoms with E-state index in [1.807, 2.05) is 54.6 Å². The first-order valence-corrected chi connectivity index (χ1v) is 10.0. The molecular weight excluding hydrogens is 362 g/mol. The van der Waals surface area contributed by atoms with Gasteiger partial charge in [0.15, 0.2) is 0 Å². The second-order valence-electron chi connectivity index (χ2n) is 8.35. The average Bonchev–Trinajstić information content (AvgIpc) is 3.14. The van der Waals surface area contributed by atoms with Crippen LogP contribution in [0.5, 0.6) is 5.75 Å². The maximum absolute atomic E-state index is 12.6. The fraction of sp³-hybridized carbons (Fsp3) is 0.292. The number of hydrogen-bond donors (Lipinski definition) is 1. The summed E-state index contributed by atoms with van der Waals surface area (Å²) in [7, 11) is 4.32. The largest absolute Gasteiger partial charge is 0.417 e. The van der Waals surface area contributed by atoms with Crippen molar-refractivity contribution in [2.24, 2.45) is 0 Å². The van der Waals surface area contributed by atoms with Crippen LogP contribution in [-0.4, -0.2) is 37.8 Å². The maximum atomic E-state index is 12.6. The Bertz CT molecular complexity index is 1110. The van der Waals surface area contributed by atoms with Crippen LogP contribution in [0.15, 0.2) is 60.7 Å². The summed E-state index contributed by atoms with van der Waals surface area (Å²) in [5, 5.41) is 4.96. The lowest BCUT2D eigenvalue weighted by atomic mass is 9.81. The van der Waals surface area contributed by atoms with Crippen molar-refractivity contribution in [2.75, 3.05) is 30.9 Å². The molecule has 3 aromatic carbocycles. The Morgan fingerprint density at radius 1 is 1.10 bits per heavy atom. The van der Waals surface area contributed by atoms with Crippen LogP contribution in [0.25, 0.3) is 10.8 Å². The number of ether oxygens (including phenoxy) is 1. The number of likely N-dealkylation sites (tertiary alicyclic amines) is 1. The molecular formula is C24H25N3O2. The van der Waals surface area contributed by atoms with E-state index in [1.54, 1.807) is 0 Å². The number of rotatable bonds is 2. The molecule has 0 aromatic heterocycles. The molecule has 0 saturated carbocycles. The second kappa shape index (κ2) is 6.49. The van der Waals surface area contributed by atoms with Gasteiger partial charge in [-0.2, -0.15) is 0 Å². The van der Waals surface area contributed by atoms with Crippen molar-refractivity contribution in [2.45, 2.75) is 24.9 Å². The molecule has 2 atom stereocenters. The first kappa shape index (κ1) is 18.0. The molecule has 5 heteroatoms. The number of carbonyl (C=O) groups is 1. The van der Waals surface area contributed by atoms with E-state index in [9.17, 15) is 4.79 Å². The van der Waals surface area contributed by atoms with Gasteiger partial charge in [-0.1, -0.05) is 43.3 Å². The van der Waals surface area contributed by atoms with Gasteiger partial charge in [0.05, 0.1) is 11.9 Å². The molecule has 3 aromatic rings. The monoisotopic (exact) mass is 387 g/mol. The van der Waals surface area contributed by atoms with Crippen LogP contribution in [0.3, 0.4) is 0 Å². The standard InChI is InChI=1S/C24H25N3O2/c1-24-13-14-26(2)22(24)27(3)21-12-11-17(15-19(21)24)29-23(28)25-20-10-6-8-16-7-4-5-9-18(16)20/h4-12,15,22H,13-14H2,1-3H3,(H,25,28)/t22-,24+/m1/s1. The number of hydrogen-bond acceptors (Lipinski definition) is 4. The number of fused-ring (bicyclic) bond motifs is 4. The Kier molecular flexibility index (Phi) is 4.03. The summed E-state index contributed by atoms with van der Waals surface area (Å²) < 4.78 is 5.67. The van der Waals surface area contributed by atoms with Gasteiger partial charge in [0.1, 0.15) is 5.75 Å². The lowest BCUT2D eigenvalue weighted by Gasteiger charge is -2.32. The number of amides is 1. The highest BCUT2D eigenvalue weighted by atomic mass is 16.6. The van der Waals surface area contributed by atoms with Crippen LogP contribution < -0.4 is 15.0 Å². The predicted molar refractivity (Wildman–Crippen MR) is 117 cm³/mol. The van der Waals surface area contributed by atoms with Gasteiger partial charge in [-0.25, -0.2) is 4.79 Å². The smallest absolute Gasteiger partial charge is 0.410 e. The van der Waals surface area contributed by atoms with Gasteiger partial charge >= 0.3 is 6.09 Å². The minimum Gasteiger partial charge on any atom is -0.410 e. The zero-order valence-corrected chi connectivity index (χ0v) is 17.0. The molecule has 0 bridgehead atoms. The molecule has 5 rings (SSSR count). The normalized spacial score (nSPS) is 23.1. The molecule has 0 radical (unpaired) electrons. The highest BCUT2D eigenvalue weighted by Gasteiger charge is 2.52. The van der Waals surface area contributed by atoms with Crippen molar-refractivity contribution in [3.05, 3.63) is 66.2 Å². The minimum atomic E-state index is -0.474. The van der Waals surface area contributed by atoms with Crippen LogP contribution in [0.2, 0.25) is 0 Å². The fourth-order valence-electron chi connectivity index (χ4n) is 5.20. The van der Waals surface area contributed by atoms with Crippen LogP contribution in [-0.2, 0) is 5.41 Å². The van der Waals surface area contributed by atoms with Crippen molar-refractivity contribution in [3.8, 4) is 5.75 Å². The van der Waals surface area contributed by atoms with Crippen molar-refractivity contribution in [3.63, 3.8) is 0 Å². The lowest BCUT2D eigenvalue weighted by Crippen LogP contribution is -2.45. The Hall–Kier alpha value is -3.05. The van der Waals surface area contributed by atoms with Crippen LogP contribution >= 0.6 is 0 Å². The number of nitrogens with one attached hydrogen (secondary N) is 1. The van der Waals surface area contributed by atoms with Gasteiger partial charge in [-0.3, -0.25) is 10.2 Å². The molecule has 2 heterocycles. The average molecular weight is 387 g/mol. The van der Waals surface area contributed by atoms with Gasteiger partial charge in [0.25, 0.3) is 0 Å². The minimum absolute atomic E-state index is 0.0459. The summed E-state index contributed by atoms with van der Waals surface area (Å²) in [6.45, 7) is 3.38. The van der Waals surface area contributed by atoms with Crippen LogP contribution in [0, 0.1) is 0 Å². The summed E-state index contributed by atoms with van der Waals surface area (Å²) in [4.78, 5) is 17.3. The van der Waals surface area contributed by atoms with E-state index in [2.05, 4.69) is 42.2 Å². The summed E-state index contributed by atoms with van der Waals surface area (Å²) in [5.41, 5.74) is 3.26. The molecule has 1 N–H and O–H groups in total. The third-order valence-electron chi connectivity index (χ3n) is 6.54. The molecule has 0 spiro atoms. The highest BCUT2D eigenvalue weighted by Crippen LogP contribution is 2.51. The molecule has 2 aliphatic rings. The van der Waals surface area contributed by atoms with Gasteiger partial charge in [-0.15, -0.1) is 0 Å². The number of nitrogens with zero attached hydrogens (tertiary/aromatic N) is 2. The van der Waals surface area contributed by atoms with Crippen molar-refractivity contribution >= 4 is 28.2 Å². The van der Waals surface area contributed by atoms with E-state index in [0.717, 1.165) is 29.4 Å². The van der Waals surface area contributed by atoms with E-state index in [0.29, 0.717) is 11.9 Å². The molecule has 1 amide bonds.